The lowest BCUT2D eigenvalue weighted by atomic mass is 9.78. The van der Waals surface area contributed by atoms with Crippen molar-refractivity contribution in [3.8, 4) is 124 Å². The highest BCUT2D eigenvalue weighted by atomic mass is 16.7. The van der Waals surface area contributed by atoms with E-state index in [0.29, 0.717) is 34.9 Å². The molecule has 1 aliphatic carbocycles. The predicted octanol–water partition coefficient (Wildman–Crippen LogP) is 22.3. The van der Waals surface area contributed by atoms with Gasteiger partial charge < -0.3 is 18.1 Å². The molecule has 13 aromatic carbocycles. The molecule has 0 spiro atoms. The Kier molecular flexibility index (Phi) is 15.1. The van der Waals surface area contributed by atoms with E-state index in [1.807, 2.05) is 164 Å². The molecule has 100 heavy (non-hydrogen) atoms. The van der Waals surface area contributed by atoms with E-state index in [9.17, 15) is 0 Å². The average Bonchev–Trinajstić information content (AvgIpc) is 1.58. The second-order valence-electron chi connectivity index (χ2n) is 26.3. The molecule has 11 heteroatoms. The maximum atomic E-state index is 6.48. The summed E-state index contributed by atoms with van der Waals surface area (Å²) < 4.78 is 25.5. The third-order valence-corrected chi connectivity index (χ3v) is 19.7. The number of nitrogens with zero attached hydrogens (tertiary/aromatic N) is 6. The molecule has 0 atom stereocenters. The Morgan fingerprint density at radius 3 is 1.05 bits per heavy atom. The standard InChI is InChI=1S/C55H33N3O.C33H28BN3O3.CH4/c1-4-13-35(14-5-1)41-30-31-42(52-44-22-11-20-37-19-10-21-43(49(37)44)51(41)52)36-27-25-34(26-28-36)40-29-32-47-46(33-40)50-45(23-12-24-48(50)59-47)55-57-53(38-15-6-2-7-16-38)56-54(58-55)39-17-8-3-9-18-39;1-32(2)33(3,4)40-34(39-32)23-18-19-26-25(20-23)28-24(16-11-17-27(28)38-26)31-36-29(21-12-7-5-8-13-21)35-30(37-31)22-14-9-6-10-15-22;/h1-33H;5-20H,1-4H3;1H4. The average molecular weight is 1290 g/mol. The van der Waals surface area contributed by atoms with Gasteiger partial charge in [-0.15, -0.1) is 0 Å². The monoisotopic (exact) mass is 1290 g/mol. The molecule has 19 rings (SSSR count). The van der Waals surface area contributed by atoms with Crippen LogP contribution in [-0.4, -0.2) is 48.2 Å². The van der Waals surface area contributed by atoms with E-state index in [1.165, 1.54) is 55.3 Å². The lowest BCUT2D eigenvalue weighted by Crippen LogP contribution is -2.41. The molecule has 5 heterocycles. The molecule has 0 radical (unpaired) electrons. The summed E-state index contributed by atoms with van der Waals surface area (Å²) in [6, 6.07) is 103. The quantitative estimate of drug-likeness (QED) is 0.122. The van der Waals surface area contributed by atoms with Crippen molar-refractivity contribution in [3.05, 3.63) is 297 Å². The van der Waals surface area contributed by atoms with Crippen LogP contribution in [0.1, 0.15) is 35.1 Å². The van der Waals surface area contributed by atoms with Gasteiger partial charge in [0.1, 0.15) is 22.3 Å². The minimum atomic E-state index is -0.474. The fraction of sp³-hybridized carbons (Fsp3) is 0.0787. The molecular weight excluding hydrogens is 1230 g/mol. The number of fused-ring (bicyclic) bond motifs is 9. The van der Waals surface area contributed by atoms with Crippen molar-refractivity contribution in [2.24, 2.45) is 0 Å². The lowest BCUT2D eigenvalue weighted by molar-refractivity contribution is 0.00578. The topological polar surface area (TPSA) is 122 Å². The number of benzene rings is 13. The molecular formula is C89H65BN6O4. The summed E-state index contributed by atoms with van der Waals surface area (Å²) in [5, 5.41) is 6.50. The van der Waals surface area contributed by atoms with E-state index in [4.69, 9.17) is 48.0 Å². The molecule has 1 saturated heterocycles. The Balaban J connectivity index is 0.000000159. The Morgan fingerprint density at radius 2 is 0.610 bits per heavy atom. The van der Waals surface area contributed by atoms with Gasteiger partial charge in [-0.1, -0.05) is 274 Å². The first kappa shape index (κ1) is 61.3. The second kappa shape index (κ2) is 24.7. The molecule has 4 aromatic heterocycles. The number of hydrogen-bond donors (Lipinski definition) is 0. The number of aromatic nitrogens is 6. The minimum Gasteiger partial charge on any atom is -0.456 e. The van der Waals surface area contributed by atoms with Gasteiger partial charge in [0.05, 0.1) is 11.2 Å². The summed E-state index contributed by atoms with van der Waals surface area (Å²) >= 11 is 0. The first-order valence-electron chi connectivity index (χ1n) is 33.4. The first-order valence-corrected chi connectivity index (χ1v) is 33.4. The zero-order valence-corrected chi connectivity index (χ0v) is 54.7. The Morgan fingerprint density at radius 1 is 0.260 bits per heavy atom. The van der Waals surface area contributed by atoms with Gasteiger partial charge in [-0.2, -0.15) is 0 Å². The van der Waals surface area contributed by atoms with Gasteiger partial charge >= 0.3 is 7.12 Å². The van der Waals surface area contributed by atoms with E-state index in [0.717, 1.165) is 93.8 Å². The van der Waals surface area contributed by atoms with Crippen molar-refractivity contribution in [2.75, 3.05) is 0 Å². The first-order chi connectivity index (χ1) is 48.5. The molecule has 478 valence electrons. The fourth-order valence-electron chi connectivity index (χ4n) is 14.1. The van der Waals surface area contributed by atoms with Crippen molar-refractivity contribution in [1.82, 2.24) is 29.9 Å². The molecule has 0 unspecified atom stereocenters. The SMILES string of the molecule is C.CC1(C)OB(c2ccc3oc4cccc(-c5nc(-c6ccccc6)nc(-c6ccccc6)n5)c4c3c2)OC1(C)C.c1ccc(-c2nc(-c3ccccc3)nc(-c3cccc4oc5ccc(-c6ccc(-c7ccc(-c8ccccc8)c8c7-c7cccc9cccc-8c79)cc6)cc5c34)n2)cc1. The van der Waals surface area contributed by atoms with Crippen LogP contribution in [-0.2, 0) is 9.31 Å². The van der Waals surface area contributed by atoms with Gasteiger partial charge in [0.25, 0.3) is 0 Å². The van der Waals surface area contributed by atoms with E-state index >= 15 is 0 Å². The molecule has 17 aromatic rings. The van der Waals surface area contributed by atoms with Crippen molar-refractivity contribution < 1.29 is 18.1 Å². The summed E-state index contributed by atoms with van der Waals surface area (Å²) in [6.07, 6.45) is 0. The normalized spacial score (nSPS) is 13.4. The van der Waals surface area contributed by atoms with Crippen LogP contribution in [0.15, 0.2) is 306 Å². The summed E-state index contributed by atoms with van der Waals surface area (Å²) in [4.78, 5) is 29.8. The van der Waals surface area contributed by atoms with Crippen LogP contribution in [0.25, 0.3) is 179 Å². The molecule has 0 bridgehead atoms. The number of hydrogen-bond acceptors (Lipinski definition) is 10. The third kappa shape index (κ3) is 10.7. The summed E-state index contributed by atoms with van der Waals surface area (Å²) in [5.74, 6) is 3.67. The van der Waals surface area contributed by atoms with Crippen LogP contribution < -0.4 is 5.46 Å². The van der Waals surface area contributed by atoms with Crippen LogP contribution in [0, 0.1) is 0 Å². The minimum absolute atomic E-state index is 0. The highest BCUT2D eigenvalue weighted by Crippen LogP contribution is 2.55. The Labute approximate surface area is 579 Å². The second-order valence-corrected chi connectivity index (χ2v) is 26.3. The van der Waals surface area contributed by atoms with Gasteiger partial charge in [-0.3, -0.25) is 0 Å². The van der Waals surface area contributed by atoms with Gasteiger partial charge in [-0.05, 0) is 130 Å². The smallest absolute Gasteiger partial charge is 0.456 e. The van der Waals surface area contributed by atoms with Crippen molar-refractivity contribution >= 4 is 67.2 Å². The maximum Gasteiger partial charge on any atom is 0.494 e. The zero-order chi connectivity index (χ0) is 66.3. The summed E-state index contributed by atoms with van der Waals surface area (Å²) in [5.41, 5.74) is 21.1. The molecule has 0 saturated carbocycles. The molecule has 10 nitrogen and oxygen atoms in total. The maximum absolute atomic E-state index is 6.48. The zero-order valence-electron chi connectivity index (χ0n) is 54.7. The van der Waals surface area contributed by atoms with Crippen LogP contribution in [0.2, 0.25) is 0 Å². The number of furan rings is 2. The Bertz CT molecular complexity index is 5850. The van der Waals surface area contributed by atoms with Gasteiger partial charge in [0.2, 0.25) is 0 Å². The molecule has 1 aliphatic heterocycles. The van der Waals surface area contributed by atoms with Gasteiger partial charge in [0, 0.05) is 54.9 Å². The van der Waals surface area contributed by atoms with Crippen molar-refractivity contribution in [3.63, 3.8) is 0 Å². The lowest BCUT2D eigenvalue weighted by Gasteiger charge is -2.32. The molecule has 1 fully saturated rings. The van der Waals surface area contributed by atoms with Crippen LogP contribution >= 0.6 is 0 Å². The largest absolute Gasteiger partial charge is 0.494 e. The fourth-order valence-corrected chi connectivity index (χ4v) is 14.1. The molecule has 0 amide bonds. The van der Waals surface area contributed by atoms with E-state index < -0.39 is 18.3 Å². The highest BCUT2D eigenvalue weighted by molar-refractivity contribution is 6.62. The Hall–Kier alpha value is -12.3. The van der Waals surface area contributed by atoms with Crippen LogP contribution in [0.3, 0.4) is 0 Å². The predicted molar refractivity (Wildman–Crippen MR) is 408 cm³/mol. The molecule has 2 aliphatic rings. The van der Waals surface area contributed by atoms with E-state index in [2.05, 4.69) is 161 Å². The van der Waals surface area contributed by atoms with Crippen LogP contribution in [0.4, 0.5) is 0 Å². The van der Waals surface area contributed by atoms with Crippen LogP contribution in [0.5, 0.6) is 0 Å². The van der Waals surface area contributed by atoms with Crippen molar-refractivity contribution in [1.29, 1.82) is 0 Å². The highest BCUT2D eigenvalue weighted by Gasteiger charge is 2.52. The number of rotatable bonds is 10. The van der Waals surface area contributed by atoms with E-state index in [-0.39, 0.29) is 7.43 Å². The summed E-state index contributed by atoms with van der Waals surface area (Å²) in [7, 11) is -0.474. The van der Waals surface area contributed by atoms with Gasteiger partial charge in [0.15, 0.2) is 34.9 Å². The van der Waals surface area contributed by atoms with Gasteiger partial charge in [-0.25, -0.2) is 29.9 Å². The van der Waals surface area contributed by atoms with E-state index in [1.54, 1.807) is 0 Å². The van der Waals surface area contributed by atoms with Crippen molar-refractivity contribution in [2.45, 2.75) is 46.3 Å². The summed E-state index contributed by atoms with van der Waals surface area (Å²) in [6.45, 7) is 8.25. The third-order valence-electron chi connectivity index (χ3n) is 19.7. The molecule has 0 N–H and O–H groups in total.